The molecule has 0 radical (unpaired) electrons. The molecule has 19 heavy (non-hydrogen) atoms. The van der Waals surface area contributed by atoms with Gasteiger partial charge in [-0.2, -0.15) is 0 Å². The van der Waals surface area contributed by atoms with Crippen molar-refractivity contribution in [2.45, 2.75) is 6.61 Å². The molecule has 0 aliphatic heterocycles. The van der Waals surface area contributed by atoms with Crippen molar-refractivity contribution in [3.63, 3.8) is 0 Å². The van der Waals surface area contributed by atoms with E-state index in [2.05, 4.69) is 29.2 Å². The van der Waals surface area contributed by atoms with Gasteiger partial charge in [-0.15, -0.1) is 0 Å². The SMILES string of the molecule is Nc1ncccc1OCc1cccc2ccccc12. The Morgan fingerprint density at radius 2 is 1.79 bits per heavy atom. The van der Waals surface area contributed by atoms with Crippen LogP contribution in [-0.4, -0.2) is 4.98 Å². The Hall–Kier alpha value is -2.55. The number of rotatable bonds is 3. The molecule has 1 heterocycles. The van der Waals surface area contributed by atoms with Gasteiger partial charge in [0.2, 0.25) is 0 Å². The minimum absolute atomic E-state index is 0.419. The van der Waals surface area contributed by atoms with Gasteiger partial charge in [-0.3, -0.25) is 0 Å². The number of nitrogen functional groups attached to an aromatic ring is 1. The Bertz CT molecular complexity index is 704. The molecule has 0 spiro atoms. The maximum Gasteiger partial charge on any atom is 0.166 e. The summed E-state index contributed by atoms with van der Waals surface area (Å²) >= 11 is 0. The molecular formula is C16H14N2O. The molecule has 0 aliphatic carbocycles. The average Bonchev–Trinajstić information content (AvgIpc) is 2.46. The van der Waals surface area contributed by atoms with Crippen LogP contribution in [0, 0.1) is 0 Å². The quantitative estimate of drug-likeness (QED) is 0.775. The molecule has 3 heteroatoms. The van der Waals surface area contributed by atoms with Crippen LogP contribution in [0.15, 0.2) is 60.8 Å². The van der Waals surface area contributed by atoms with Gasteiger partial charge in [0.05, 0.1) is 0 Å². The number of anilines is 1. The number of benzene rings is 2. The van der Waals surface area contributed by atoms with Crippen molar-refractivity contribution in [3.05, 3.63) is 66.4 Å². The summed E-state index contributed by atoms with van der Waals surface area (Å²) in [5.74, 6) is 1.04. The van der Waals surface area contributed by atoms with E-state index in [0.29, 0.717) is 18.2 Å². The largest absolute Gasteiger partial charge is 0.485 e. The minimum Gasteiger partial charge on any atom is -0.485 e. The predicted molar refractivity (Wildman–Crippen MR) is 76.9 cm³/mol. The highest BCUT2D eigenvalue weighted by Crippen LogP contribution is 2.22. The van der Waals surface area contributed by atoms with Gasteiger partial charge in [0.1, 0.15) is 6.61 Å². The van der Waals surface area contributed by atoms with E-state index in [4.69, 9.17) is 10.5 Å². The standard InChI is InChI=1S/C16H14N2O/c17-16-15(9-4-10-18-16)19-11-13-7-3-6-12-5-1-2-8-14(12)13/h1-10H,11H2,(H2,17,18). The first kappa shape index (κ1) is 11.5. The lowest BCUT2D eigenvalue weighted by Gasteiger charge is -2.10. The molecular weight excluding hydrogens is 236 g/mol. The molecule has 2 N–H and O–H groups in total. The molecule has 0 aliphatic rings. The minimum atomic E-state index is 0.419. The van der Waals surface area contributed by atoms with Gasteiger partial charge in [-0.25, -0.2) is 4.98 Å². The van der Waals surface area contributed by atoms with Crippen molar-refractivity contribution in [1.29, 1.82) is 0 Å². The number of nitrogens with two attached hydrogens (primary N) is 1. The Kier molecular flexibility index (Phi) is 3.02. The maximum absolute atomic E-state index is 5.76. The van der Waals surface area contributed by atoms with E-state index in [1.54, 1.807) is 6.20 Å². The first-order chi connectivity index (χ1) is 9.34. The molecule has 3 aromatic rings. The van der Waals surface area contributed by atoms with E-state index >= 15 is 0 Å². The van der Waals surface area contributed by atoms with Crippen LogP contribution in [0.25, 0.3) is 10.8 Å². The number of hydrogen-bond donors (Lipinski definition) is 1. The van der Waals surface area contributed by atoms with Gasteiger partial charge in [-0.1, -0.05) is 42.5 Å². The first-order valence-electron chi connectivity index (χ1n) is 6.14. The fourth-order valence-corrected chi connectivity index (χ4v) is 2.10. The molecule has 0 amide bonds. The van der Waals surface area contributed by atoms with E-state index in [1.165, 1.54) is 10.8 Å². The van der Waals surface area contributed by atoms with Crippen LogP contribution >= 0.6 is 0 Å². The summed E-state index contributed by atoms with van der Waals surface area (Å²) in [5, 5.41) is 2.41. The van der Waals surface area contributed by atoms with Gasteiger partial charge in [0.15, 0.2) is 11.6 Å². The molecule has 0 bridgehead atoms. The van der Waals surface area contributed by atoms with Crippen molar-refractivity contribution in [1.82, 2.24) is 4.98 Å². The molecule has 0 saturated carbocycles. The topological polar surface area (TPSA) is 48.1 Å². The predicted octanol–water partition coefficient (Wildman–Crippen LogP) is 3.40. The van der Waals surface area contributed by atoms with E-state index in [9.17, 15) is 0 Å². The second-order valence-electron chi connectivity index (χ2n) is 4.31. The molecule has 3 rings (SSSR count). The zero-order valence-corrected chi connectivity index (χ0v) is 10.4. The van der Waals surface area contributed by atoms with E-state index in [1.807, 2.05) is 30.3 Å². The zero-order valence-electron chi connectivity index (χ0n) is 10.4. The van der Waals surface area contributed by atoms with Crippen molar-refractivity contribution >= 4 is 16.6 Å². The highest BCUT2D eigenvalue weighted by atomic mass is 16.5. The van der Waals surface area contributed by atoms with Crippen molar-refractivity contribution in [2.75, 3.05) is 5.73 Å². The van der Waals surface area contributed by atoms with Crippen LogP contribution in [0.5, 0.6) is 5.75 Å². The zero-order chi connectivity index (χ0) is 13.1. The van der Waals surface area contributed by atoms with E-state index in [-0.39, 0.29) is 0 Å². The number of nitrogens with zero attached hydrogens (tertiary/aromatic N) is 1. The van der Waals surface area contributed by atoms with Crippen molar-refractivity contribution < 1.29 is 4.74 Å². The van der Waals surface area contributed by atoms with Crippen LogP contribution < -0.4 is 10.5 Å². The summed E-state index contributed by atoms with van der Waals surface area (Å²) in [7, 11) is 0. The Morgan fingerprint density at radius 3 is 2.68 bits per heavy atom. The summed E-state index contributed by atoms with van der Waals surface area (Å²) in [6, 6.07) is 18.1. The van der Waals surface area contributed by atoms with Gasteiger partial charge in [0.25, 0.3) is 0 Å². The van der Waals surface area contributed by atoms with Gasteiger partial charge >= 0.3 is 0 Å². The third kappa shape index (κ3) is 2.36. The molecule has 2 aromatic carbocycles. The monoisotopic (exact) mass is 250 g/mol. The summed E-state index contributed by atoms with van der Waals surface area (Å²) < 4.78 is 5.74. The van der Waals surface area contributed by atoms with Crippen LogP contribution in [0.3, 0.4) is 0 Å². The maximum atomic E-state index is 5.76. The molecule has 0 fully saturated rings. The Balaban J connectivity index is 1.88. The molecule has 0 unspecified atom stereocenters. The summed E-state index contributed by atoms with van der Waals surface area (Å²) in [5.41, 5.74) is 6.90. The third-order valence-electron chi connectivity index (χ3n) is 3.06. The molecule has 94 valence electrons. The number of aromatic nitrogens is 1. The third-order valence-corrected chi connectivity index (χ3v) is 3.06. The van der Waals surface area contributed by atoms with Crippen molar-refractivity contribution in [2.24, 2.45) is 0 Å². The fourth-order valence-electron chi connectivity index (χ4n) is 2.10. The summed E-state index contributed by atoms with van der Waals surface area (Å²) in [6.07, 6.45) is 1.65. The first-order valence-corrected chi connectivity index (χ1v) is 6.14. The van der Waals surface area contributed by atoms with Gasteiger partial charge in [-0.05, 0) is 28.5 Å². The highest BCUT2D eigenvalue weighted by Gasteiger charge is 2.03. The van der Waals surface area contributed by atoms with E-state index in [0.717, 1.165) is 5.56 Å². The number of pyridine rings is 1. The van der Waals surface area contributed by atoms with Crippen molar-refractivity contribution in [3.8, 4) is 5.75 Å². The lowest BCUT2D eigenvalue weighted by Crippen LogP contribution is -2.00. The second-order valence-corrected chi connectivity index (χ2v) is 4.31. The van der Waals surface area contributed by atoms with Crippen LogP contribution in [-0.2, 0) is 6.61 Å². The van der Waals surface area contributed by atoms with Crippen LogP contribution in [0.4, 0.5) is 5.82 Å². The molecule has 0 saturated heterocycles. The van der Waals surface area contributed by atoms with Gasteiger partial charge in [0, 0.05) is 6.20 Å². The smallest absolute Gasteiger partial charge is 0.166 e. The Labute approximate surface area is 111 Å². The lowest BCUT2D eigenvalue weighted by molar-refractivity contribution is 0.308. The molecule has 0 atom stereocenters. The summed E-state index contributed by atoms with van der Waals surface area (Å²) in [4.78, 5) is 4.01. The fraction of sp³-hybridized carbons (Fsp3) is 0.0625. The average molecular weight is 250 g/mol. The van der Waals surface area contributed by atoms with E-state index < -0.39 is 0 Å². The Morgan fingerprint density at radius 1 is 0.947 bits per heavy atom. The lowest BCUT2D eigenvalue weighted by atomic mass is 10.1. The highest BCUT2D eigenvalue weighted by molar-refractivity contribution is 5.85. The van der Waals surface area contributed by atoms with Crippen LogP contribution in [0.2, 0.25) is 0 Å². The van der Waals surface area contributed by atoms with Crippen LogP contribution in [0.1, 0.15) is 5.56 Å². The number of hydrogen-bond acceptors (Lipinski definition) is 3. The number of fused-ring (bicyclic) bond motifs is 1. The number of ether oxygens (including phenoxy) is 1. The normalized spacial score (nSPS) is 10.5. The second kappa shape index (κ2) is 4.98. The molecule has 3 nitrogen and oxygen atoms in total. The van der Waals surface area contributed by atoms with Gasteiger partial charge < -0.3 is 10.5 Å². The molecule has 1 aromatic heterocycles. The summed E-state index contributed by atoms with van der Waals surface area (Å²) in [6.45, 7) is 0.483.